The van der Waals surface area contributed by atoms with Crippen LogP contribution in [0.4, 0.5) is 0 Å². The molecule has 0 bridgehead atoms. The average Bonchev–Trinajstić information content (AvgIpc) is 2.40. The van der Waals surface area contributed by atoms with Gasteiger partial charge in [0.15, 0.2) is 0 Å². The van der Waals surface area contributed by atoms with Gasteiger partial charge >= 0.3 is 0 Å². The van der Waals surface area contributed by atoms with Crippen LogP contribution in [0.1, 0.15) is 11.1 Å². The molecule has 17 heavy (non-hydrogen) atoms. The van der Waals surface area contributed by atoms with E-state index in [4.69, 9.17) is 0 Å². The number of aryl methyl sites for hydroxylation is 2. The van der Waals surface area contributed by atoms with E-state index in [1.54, 1.807) is 0 Å². The van der Waals surface area contributed by atoms with Crippen molar-refractivity contribution in [1.29, 1.82) is 0 Å². The summed E-state index contributed by atoms with van der Waals surface area (Å²) in [6.45, 7) is 0. The average molecular weight is 227 g/mol. The monoisotopic (exact) mass is 227 g/mol. The van der Waals surface area contributed by atoms with Crippen molar-refractivity contribution in [2.24, 2.45) is 0 Å². The maximum atomic E-state index is 2.75. The number of hydrogen-bond donors (Lipinski definition) is 1. The van der Waals surface area contributed by atoms with Crippen LogP contribution in [0.2, 0.25) is 0 Å². The Morgan fingerprint density at radius 1 is 0.647 bits per heavy atom. The molecule has 0 unspecified atom stereocenters. The minimum absolute atomic E-state index is 1.13. The topological polar surface area (TPSA) is 12.0 Å². The van der Waals surface area contributed by atoms with Gasteiger partial charge in [0.05, 0.1) is 0 Å². The second kappa shape index (κ2) is 8.54. The lowest BCUT2D eigenvalue weighted by atomic mass is 10.0. The summed E-state index contributed by atoms with van der Waals surface area (Å²) in [4.78, 5) is 0. The molecule has 0 aliphatic carbocycles. The van der Waals surface area contributed by atoms with Crippen LogP contribution in [0.25, 0.3) is 0 Å². The molecule has 0 fully saturated rings. The van der Waals surface area contributed by atoms with Crippen LogP contribution < -0.4 is 5.32 Å². The second-order valence-electron chi connectivity index (χ2n) is 3.97. The number of rotatable bonds is 3. The normalized spacial score (nSPS) is 9.29. The molecule has 0 saturated heterocycles. The van der Waals surface area contributed by atoms with Crippen molar-refractivity contribution in [2.45, 2.75) is 12.8 Å². The van der Waals surface area contributed by atoms with Gasteiger partial charge in [0, 0.05) is 0 Å². The van der Waals surface area contributed by atoms with Crippen molar-refractivity contribution in [3.05, 3.63) is 71.8 Å². The van der Waals surface area contributed by atoms with Gasteiger partial charge in [-0.05, 0) is 38.1 Å². The van der Waals surface area contributed by atoms with Gasteiger partial charge < -0.3 is 5.32 Å². The van der Waals surface area contributed by atoms with Gasteiger partial charge in [0.1, 0.15) is 0 Å². The molecule has 0 aromatic heterocycles. The molecule has 1 heteroatoms. The third kappa shape index (κ3) is 5.88. The Kier molecular flexibility index (Phi) is 6.76. The minimum Gasteiger partial charge on any atom is -0.323 e. The third-order valence-corrected chi connectivity index (χ3v) is 2.39. The van der Waals surface area contributed by atoms with Crippen LogP contribution in [0.5, 0.6) is 0 Å². The van der Waals surface area contributed by atoms with E-state index < -0.39 is 0 Å². The van der Waals surface area contributed by atoms with Gasteiger partial charge in [-0.25, -0.2) is 0 Å². The number of nitrogens with one attached hydrogen (secondary N) is 1. The number of benzene rings is 2. The minimum atomic E-state index is 1.13. The lowest BCUT2D eigenvalue weighted by Crippen LogP contribution is -1.89. The molecule has 90 valence electrons. The predicted molar refractivity (Wildman–Crippen MR) is 75.3 cm³/mol. The molecule has 2 aromatic carbocycles. The molecule has 1 nitrogen and oxygen atoms in total. The number of hydrogen-bond acceptors (Lipinski definition) is 1. The van der Waals surface area contributed by atoms with Gasteiger partial charge in [0.2, 0.25) is 0 Å². The van der Waals surface area contributed by atoms with Crippen LogP contribution in [-0.4, -0.2) is 14.1 Å². The van der Waals surface area contributed by atoms with Crippen molar-refractivity contribution >= 4 is 0 Å². The fraction of sp³-hybridized carbons (Fsp3) is 0.250. The first-order chi connectivity index (χ1) is 8.36. The van der Waals surface area contributed by atoms with E-state index in [-0.39, 0.29) is 0 Å². The molecular formula is C16H21N. The van der Waals surface area contributed by atoms with Crippen LogP contribution in [0.15, 0.2) is 60.7 Å². The third-order valence-electron chi connectivity index (χ3n) is 2.39. The highest BCUT2D eigenvalue weighted by Gasteiger charge is 1.93. The summed E-state index contributed by atoms with van der Waals surface area (Å²) in [5.74, 6) is 0. The molecule has 0 amide bonds. The molecule has 0 heterocycles. The molecule has 0 saturated carbocycles. The largest absolute Gasteiger partial charge is 0.323 e. The Morgan fingerprint density at radius 2 is 0.941 bits per heavy atom. The smallest absolute Gasteiger partial charge is 0.0167 e. The lowest BCUT2D eigenvalue weighted by molar-refractivity contribution is 0.960. The highest BCUT2D eigenvalue weighted by atomic mass is 14.7. The van der Waals surface area contributed by atoms with E-state index in [9.17, 15) is 0 Å². The first-order valence-electron chi connectivity index (χ1n) is 6.03. The van der Waals surface area contributed by atoms with Crippen LogP contribution in [-0.2, 0) is 12.8 Å². The first kappa shape index (κ1) is 13.5. The Hall–Kier alpha value is -1.60. The van der Waals surface area contributed by atoms with Gasteiger partial charge in [0.25, 0.3) is 0 Å². The molecule has 1 N–H and O–H groups in total. The van der Waals surface area contributed by atoms with Crippen molar-refractivity contribution < 1.29 is 0 Å². The van der Waals surface area contributed by atoms with E-state index >= 15 is 0 Å². The summed E-state index contributed by atoms with van der Waals surface area (Å²) < 4.78 is 0. The van der Waals surface area contributed by atoms with E-state index in [1.807, 2.05) is 14.1 Å². The van der Waals surface area contributed by atoms with Crippen LogP contribution >= 0.6 is 0 Å². The molecule has 2 aromatic rings. The zero-order valence-electron chi connectivity index (χ0n) is 10.7. The summed E-state index contributed by atoms with van der Waals surface area (Å²) in [6, 6.07) is 21.2. The molecule has 0 spiro atoms. The maximum absolute atomic E-state index is 2.75. The quantitative estimate of drug-likeness (QED) is 0.848. The molecule has 0 aliphatic rings. The molecule has 0 aliphatic heterocycles. The van der Waals surface area contributed by atoms with E-state index in [2.05, 4.69) is 66.0 Å². The second-order valence-corrected chi connectivity index (χ2v) is 3.97. The SMILES string of the molecule is CNC.c1ccc(CCc2ccccc2)cc1. The van der Waals surface area contributed by atoms with Gasteiger partial charge in [-0.1, -0.05) is 60.7 Å². The van der Waals surface area contributed by atoms with Crippen molar-refractivity contribution in [3.8, 4) is 0 Å². The molecule has 2 rings (SSSR count). The standard InChI is InChI=1S/C14H14.C2H7N/c1-3-7-13(8-4-1)11-12-14-9-5-2-6-10-14;1-3-2/h1-10H,11-12H2;3H,1-2H3. The summed E-state index contributed by atoms with van der Waals surface area (Å²) in [6.07, 6.45) is 2.26. The maximum Gasteiger partial charge on any atom is -0.0167 e. The first-order valence-corrected chi connectivity index (χ1v) is 6.03. The van der Waals surface area contributed by atoms with Crippen molar-refractivity contribution in [3.63, 3.8) is 0 Å². The zero-order valence-corrected chi connectivity index (χ0v) is 10.7. The molecular weight excluding hydrogens is 206 g/mol. The highest BCUT2D eigenvalue weighted by Crippen LogP contribution is 2.06. The van der Waals surface area contributed by atoms with E-state index in [0.29, 0.717) is 0 Å². The Morgan fingerprint density at radius 3 is 1.24 bits per heavy atom. The van der Waals surface area contributed by atoms with E-state index in [1.165, 1.54) is 11.1 Å². The highest BCUT2D eigenvalue weighted by molar-refractivity contribution is 5.19. The van der Waals surface area contributed by atoms with Gasteiger partial charge in [-0.15, -0.1) is 0 Å². The Balaban J connectivity index is 0.000000437. The van der Waals surface area contributed by atoms with Crippen molar-refractivity contribution in [2.75, 3.05) is 14.1 Å². The van der Waals surface area contributed by atoms with E-state index in [0.717, 1.165) is 12.8 Å². The van der Waals surface area contributed by atoms with Gasteiger partial charge in [-0.3, -0.25) is 0 Å². The van der Waals surface area contributed by atoms with Crippen molar-refractivity contribution in [1.82, 2.24) is 5.32 Å². The molecule has 0 atom stereocenters. The predicted octanol–water partition coefficient (Wildman–Crippen LogP) is 3.31. The summed E-state index contributed by atoms with van der Waals surface area (Å²) >= 11 is 0. The summed E-state index contributed by atoms with van der Waals surface area (Å²) in [7, 11) is 3.75. The lowest BCUT2D eigenvalue weighted by Gasteiger charge is -2.01. The Labute approximate surface area is 105 Å². The van der Waals surface area contributed by atoms with Gasteiger partial charge in [-0.2, -0.15) is 0 Å². The molecule has 0 radical (unpaired) electrons. The fourth-order valence-electron chi connectivity index (χ4n) is 1.58. The van der Waals surface area contributed by atoms with Crippen LogP contribution in [0, 0.1) is 0 Å². The Bertz CT molecular complexity index is 341. The summed E-state index contributed by atoms with van der Waals surface area (Å²) in [5.41, 5.74) is 2.83. The zero-order chi connectivity index (χ0) is 12.3. The summed E-state index contributed by atoms with van der Waals surface area (Å²) in [5, 5.41) is 2.75. The fourth-order valence-corrected chi connectivity index (χ4v) is 1.58. The van der Waals surface area contributed by atoms with Crippen LogP contribution in [0.3, 0.4) is 0 Å².